The van der Waals surface area contributed by atoms with Crippen LogP contribution in [0.25, 0.3) is 0 Å². The van der Waals surface area contributed by atoms with E-state index in [0.717, 1.165) is 11.1 Å². The standard InChI is InChI=1S/C14H21FN2O.C2H6/c1-4-11(7-8-15)9-13(16)12(5-2)14(10-18)17-6-3;1-2/h4,6-8,18H,3,5,9-10,16H2,1-2H3;1-2H3/b8-7-,11-4+,13-12-,17-14?;. The van der Waals surface area contributed by atoms with E-state index in [0.29, 0.717) is 30.6 Å². The van der Waals surface area contributed by atoms with Crippen molar-refractivity contribution in [3.8, 4) is 0 Å². The lowest BCUT2D eigenvalue weighted by atomic mass is 10.0. The molecule has 0 unspecified atom stereocenters. The number of rotatable bonds is 7. The molecule has 0 rings (SSSR count). The van der Waals surface area contributed by atoms with E-state index in [1.807, 2.05) is 27.7 Å². The molecule has 0 aliphatic carbocycles. The van der Waals surface area contributed by atoms with Crippen LogP contribution < -0.4 is 5.73 Å². The molecular weight excluding hydrogens is 255 g/mol. The molecule has 0 fully saturated rings. The van der Waals surface area contributed by atoms with Gasteiger partial charge in [-0.25, -0.2) is 4.39 Å². The van der Waals surface area contributed by atoms with Gasteiger partial charge in [0, 0.05) is 18.3 Å². The van der Waals surface area contributed by atoms with E-state index in [2.05, 4.69) is 11.6 Å². The quantitative estimate of drug-likeness (QED) is 0.547. The van der Waals surface area contributed by atoms with Crippen LogP contribution in [0, 0.1) is 0 Å². The molecule has 20 heavy (non-hydrogen) atoms. The zero-order valence-corrected chi connectivity index (χ0v) is 13.0. The largest absolute Gasteiger partial charge is 0.401 e. The molecule has 0 amide bonds. The third-order valence-electron chi connectivity index (χ3n) is 2.53. The molecule has 3 N–H and O–H groups in total. The lowest BCUT2D eigenvalue weighted by Crippen LogP contribution is -2.14. The molecule has 4 heteroatoms. The van der Waals surface area contributed by atoms with Crippen LogP contribution in [0.5, 0.6) is 0 Å². The Morgan fingerprint density at radius 1 is 1.40 bits per heavy atom. The van der Waals surface area contributed by atoms with Crippen molar-refractivity contribution in [2.24, 2.45) is 10.7 Å². The summed E-state index contributed by atoms with van der Waals surface area (Å²) in [6.45, 7) is 11.0. The van der Waals surface area contributed by atoms with E-state index < -0.39 is 0 Å². The number of hydrogen-bond acceptors (Lipinski definition) is 3. The minimum atomic E-state index is -0.194. The maximum absolute atomic E-state index is 12.2. The van der Waals surface area contributed by atoms with E-state index in [4.69, 9.17) is 5.73 Å². The Labute approximate surface area is 122 Å². The number of halogens is 1. The minimum Gasteiger partial charge on any atom is -0.401 e. The molecule has 3 nitrogen and oxygen atoms in total. The molecule has 0 spiro atoms. The lowest BCUT2D eigenvalue weighted by Gasteiger charge is -2.11. The molecule has 0 radical (unpaired) electrons. The number of hydrogen-bond donors (Lipinski definition) is 2. The predicted octanol–water partition coefficient (Wildman–Crippen LogP) is 4.03. The van der Waals surface area contributed by atoms with Gasteiger partial charge in [0.1, 0.15) is 0 Å². The molecule has 0 atom stereocenters. The monoisotopic (exact) mass is 282 g/mol. The maximum atomic E-state index is 12.2. The van der Waals surface area contributed by atoms with Gasteiger partial charge in [0.25, 0.3) is 0 Å². The molecular formula is C16H27FN2O. The minimum absolute atomic E-state index is 0.194. The van der Waals surface area contributed by atoms with Crippen LogP contribution in [-0.2, 0) is 0 Å². The van der Waals surface area contributed by atoms with Gasteiger partial charge in [0.05, 0.1) is 18.6 Å². The fourth-order valence-corrected chi connectivity index (χ4v) is 1.61. The number of nitrogens with two attached hydrogens (primary N) is 1. The summed E-state index contributed by atoms with van der Waals surface area (Å²) in [5, 5.41) is 9.25. The number of aliphatic imine (C=N–C) groups is 1. The first-order chi connectivity index (χ1) is 9.64. The Morgan fingerprint density at radius 2 is 2.00 bits per heavy atom. The molecule has 0 saturated heterocycles. The van der Waals surface area contributed by atoms with Crippen LogP contribution in [0.1, 0.15) is 40.5 Å². The topological polar surface area (TPSA) is 58.6 Å². The van der Waals surface area contributed by atoms with E-state index in [1.165, 1.54) is 12.3 Å². The summed E-state index contributed by atoms with van der Waals surface area (Å²) in [6.07, 6.45) is 6.08. The van der Waals surface area contributed by atoms with Crippen molar-refractivity contribution >= 4 is 5.71 Å². The summed E-state index contributed by atoms with van der Waals surface area (Å²) in [5.74, 6) is 0. The van der Waals surface area contributed by atoms with Gasteiger partial charge in [-0.1, -0.05) is 33.4 Å². The maximum Gasteiger partial charge on any atom is 0.0869 e. The van der Waals surface area contributed by atoms with Gasteiger partial charge in [-0.3, -0.25) is 4.99 Å². The number of aliphatic hydroxyl groups excluding tert-OH is 1. The first-order valence-electron chi connectivity index (χ1n) is 6.82. The average molecular weight is 282 g/mol. The normalized spacial score (nSPS) is 13.7. The SMILES string of the molecule is C=CN=C(CO)/C(CC)=C(\N)CC(/C=C\F)=C/C.CC. The van der Waals surface area contributed by atoms with Gasteiger partial charge >= 0.3 is 0 Å². The Hall–Kier alpha value is -1.68. The Balaban J connectivity index is 0. The van der Waals surface area contributed by atoms with Crippen molar-refractivity contribution < 1.29 is 9.50 Å². The summed E-state index contributed by atoms with van der Waals surface area (Å²) in [4.78, 5) is 4.00. The summed E-state index contributed by atoms with van der Waals surface area (Å²) < 4.78 is 12.2. The van der Waals surface area contributed by atoms with Crippen molar-refractivity contribution in [2.75, 3.05) is 6.61 Å². The highest BCUT2D eigenvalue weighted by molar-refractivity contribution is 6.01. The predicted molar refractivity (Wildman–Crippen MR) is 86.2 cm³/mol. The molecule has 0 aliphatic heterocycles. The summed E-state index contributed by atoms with van der Waals surface area (Å²) in [5.41, 5.74) is 8.64. The summed E-state index contributed by atoms with van der Waals surface area (Å²) in [7, 11) is 0. The van der Waals surface area contributed by atoms with Crippen LogP contribution in [0.4, 0.5) is 4.39 Å². The highest BCUT2D eigenvalue weighted by Crippen LogP contribution is 2.16. The molecule has 0 saturated carbocycles. The zero-order valence-electron chi connectivity index (χ0n) is 13.0. The van der Waals surface area contributed by atoms with Crippen LogP contribution >= 0.6 is 0 Å². The van der Waals surface area contributed by atoms with Gasteiger partial charge in [0.2, 0.25) is 0 Å². The molecule has 0 heterocycles. The first-order valence-corrected chi connectivity index (χ1v) is 6.82. The Bertz CT molecular complexity index is 393. The molecule has 114 valence electrons. The van der Waals surface area contributed by atoms with Crippen molar-refractivity contribution in [2.45, 2.75) is 40.5 Å². The third kappa shape index (κ3) is 7.69. The first kappa shape index (κ1) is 20.6. The second-order valence-electron chi connectivity index (χ2n) is 3.61. The molecule has 0 aliphatic rings. The van der Waals surface area contributed by atoms with Crippen molar-refractivity contribution in [1.29, 1.82) is 0 Å². The van der Waals surface area contributed by atoms with E-state index in [1.54, 1.807) is 6.08 Å². The van der Waals surface area contributed by atoms with Crippen LogP contribution in [0.15, 0.2) is 53.1 Å². The van der Waals surface area contributed by atoms with Gasteiger partial charge in [-0.15, -0.1) is 0 Å². The third-order valence-corrected chi connectivity index (χ3v) is 2.53. The Morgan fingerprint density at radius 3 is 2.35 bits per heavy atom. The van der Waals surface area contributed by atoms with E-state index >= 15 is 0 Å². The fraction of sp³-hybridized carbons (Fsp3) is 0.438. The van der Waals surface area contributed by atoms with Crippen molar-refractivity contribution in [1.82, 2.24) is 0 Å². The summed E-state index contributed by atoms with van der Waals surface area (Å²) >= 11 is 0. The highest BCUT2D eigenvalue weighted by Gasteiger charge is 2.09. The molecule has 0 aromatic rings. The fourth-order valence-electron chi connectivity index (χ4n) is 1.61. The van der Waals surface area contributed by atoms with E-state index in [-0.39, 0.29) is 6.61 Å². The van der Waals surface area contributed by atoms with Crippen LogP contribution in [-0.4, -0.2) is 17.4 Å². The van der Waals surface area contributed by atoms with Crippen molar-refractivity contribution in [3.05, 3.63) is 48.1 Å². The highest BCUT2D eigenvalue weighted by atomic mass is 19.1. The smallest absolute Gasteiger partial charge is 0.0869 e. The van der Waals surface area contributed by atoms with Gasteiger partial charge in [-0.2, -0.15) is 0 Å². The lowest BCUT2D eigenvalue weighted by molar-refractivity contribution is 0.357. The molecule has 0 bridgehead atoms. The van der Waals surface area contributed by atoms with Gasteiger partial charge in [0.15, 0.2) is 0 Å². The number of aliphatic hydroxyl groups is 1. The van der Waals surface area contributed by atoms with Crippen LogP contribution in [0.2, 0.25) is 0 Å². The zero-order chi connectivity index (χ0) is 16.0. The van der Waals surface area contributed by atoms with Crippen LogP contribution in [0.3, 0.4) is 0 Å². The number of nitrogens with zero attached hydrogens (tertiary/aromatic N) is 1. The van der Waals surface area contributed by atoms with Gasteiger partial charge < -0.3 is 10.8 Å². The Kier molecular flexibility index (Phi) is 14.2. The number of allylic oxidation sites excluding steroid dienone is 3. The van der Waals surface area contributed by atoms with E-state index in [9.17, 15) is 9.50 Å². The second-order valence-corrected chi connectivity index (χ2v) is 3.61. The second kappa shape index (κ2) is 13.7. The molecule has 0 aromatic carbocycles. The molecule has 0 aromatic heterocycles. The average Bonchev–Trinajstić information content (AvgIpc) is 2.48. The van der Waals surface area contributed by atoms with Crippen molar-refractivity contribution in [3.63, 3.8) is 0 Å². The van der Waals surface area contributed by atoms with Gasteiger partial charge in [-0.05, 0) is 30.6 Å². The summed E-state index contributed by atoms with van der Waals surface area (Å²) in [6, 6.07) is 0.